The van der Waals surface area contributed by atoms with E-state index < -0.39 is 0 Å². The summed E-state index contributed by atoms with van der Waals surface area (Å²) in [6.07, 6.45) is 0. The van der Waals surface area contributed by atoms with Gasteiger partial charge in [-0.25, -0.2) is 4.39 Å². The molecular weight excluding hydrogens is 405 g/mol. The van der Waals surface area contributed by atoms with E-state index in [1.54, 1.807) is 0 Å². The molecule has 1 aliphatic rings. The summed E-state index contributed by atoms with van der Waals surface area (Å²) in [6.45, 7) is 3.79. The molecule has 0 radical (unpaired) electrons. The summed E-state index contributed by atoms with van der Waals surface area (Å²) in [5, 5.41) is 12.1. The molecule has 156 valence electrons. The molecule has 7 nitrogen and oxygen atoms in total. The van der Waals surface area contributed by atoms with Gasteiger partial charge in [-0.3, -0.25) is 14.3 Å². The fraction of sp³-hybridized carbons (Fsp3) is 0.286. The molecule has 0 aliphatic carbocycles. The van der Waals surface area contributed by atoms with E-state index >= 15 is 0 Å². The molecule has 0 bridgehead atoms. The van der Waals surface area contributed by atoms with Gasteiger partial charge in [0.15, 0.2) is 11.0 Å². The minimum atomic E-state index is -0.342. The fourth-order valence-electron chi connectivity index (χ4n) is 3.15. The number of nitrogens with zero attached hydrogens (tertiary/aromatic N) is 4. The van der Waals surface area contributed by atoms with Crippen LogP contribution in [0.1, 0.15) is 5.82 Å². The second-order valence-corrected chi connectivity index (χ2v) is 7.74. The number of ether oxygens (including phenoxy) is 1. The minimum Gasteiger partial charge on any atom is -0.379 e. The van der Waals surface area contributed by atoms with Crippen LogP contribution in [0.4, 0.5) is 10.1 Å². The normalized spacial score (nSPS) is 14.6. The molecule has 0 atom stereocenters. The third-order valence-corrected chi connectivity index (χ3v) is 5.57. The van der Waals surface area contributed by atoms with Gasteiger partial charge in [0.25, 0.3) is 0 Å². The van der Waals surface area contributed by atoms with E-state index in [1.807, 2.05) is 34.9 Å². The van der Waals surface area contributed by atoms with Crippen LogP contribution >= 0.6 is 11.8 Å². The predicted molar refractivity (Wildman–Crippen MR) is 113 cm³/mol. The SMILES string of the molecule is O=C(CSc1nnc(CN2CCOCC2)n1-c1ccccc1)Nc1ccc(F)cc1. The van der Waals surface area contributed by atoms with E-state index in [0.717, 1.165) is 24.6 Å². The first-order chi connectivity index (χ1) is 14.7. The average Bonchev–Trinajstić information content (AvgIpc) is 3.17. The molecule has 1 aliphatic heterocycles. The quantitative estimate of drug-likeness (QED) is 0.585. The Morgan fingerprint density at radius 2 is 1.80 bits per heavy atom. The third kappa shape index (κ3) is 5.24. The van der Waals surface area contributed by atoms with Gasteiger partial charge in [0.1, 0.15) is 5.82 Å². The standard InChI is InChI=1S/C21H22FN5O2S/c22-16-6-8-17(9-7-16)23-20(28)15-30-21-25-24-19(14-26-10-12-29-13-11-26)27(21)18-4-2-1-3-5-18/h1-9H,10-15H2,(H,23,28). The molecule has 1 N–H and O–H groups in total. The van der Waals surface area contributed by atoms with Gasteiger partial charge >= 0.3 is 0 Å². The number of amides is 1. The van der Waals surface area contributed by atoms with E-state index in [9.17, 15) is 9.18 Å². The van der Waals surface area contributed by atoms with Crippen LogP contribution in [0.3, 0.4) is 0 Å². The number of para-hydroxylation sites is 1. The van der Waals surface area contributed by atoms with Crippen molar-refractivity contribution in [1.82, 2.24) is 19.7 Å². The molecule has 0 spiro atoms. The highest BCUT2D eigenvalue weighted by Crippen LogP contribution is 2.23. The lowest BCUT2D eigenvalue weighted by Crippen LogP contribution is -2.36. The van der Waals surface area contributed by atoms with Gasteiger partial charge in [0.05, 0.1) is 25.5 Å². The Morgan fingerprint density at radius 1 is 1.07 bits per heavy atom. The van der Waals surface area contributed by atoms with Gasteiger partial charge in [-0.2, -0.15) is 0 Å². The molecule has 2 heterocycles. The third-order valence-electron chi connectivity index (χ3n) is 4.64. The monoisotopic (exact) mass is 427 g/mol. The number of hydrogen-bond acceptors (Lipinski definition) is 6. The van der Waals surface area contributed by atoms with Crippen LogP contribution < -0.4 is 5.32 Å². The number of morpholine rings is 1. The Morgan fingerprint density at radius 3 is 2.53 bits per heavy atom. The summed E-state index contributed by atoms with van der Waals surface area (Å²) in [7, 11) is 0. The van der Waals surface area contributed by atoms with Crippen molar-refractivity contribution in [3.05, 3.63) is 66.2 Å². The molecule has 0 unspecified atom stereocenters. The molecule has 1 amide bonds. The molecule has 30 heavy (non-hydrogen) atoms. The van der Waals surface area contributed by atoms with E-state index in [-0.39, 0.29) is 17.5 Å². The zero-order chi connectivity index (χ0) is 20.8. The number of anilines is 1. The molecule has 1 fully saturated rings. The van der Waals surface area contributed by atoms with Crippen molar-refractivity contribution in [2.45, 2.75) is 11.7 Å². The van der Waals surface area contributed by atoms with Crippen molar-refractivity contribution in [1.29, 1.82) is 0 Å². The number of benzene rings is 2. The minimum absolute atomic E-state index is 0.167. The maximum absolute atomic E-state index is 13.0. The summed E-state index contributed by atoms with van der Waals surface area (Å²) < 4.78 is 20.4. The number of nitrogens with one attached hydrogen (secondary N) is 1. The maximum atomic E-state index is 13.0. The van der Waals surface area contributed by atoms with Gasteiger partial charge in [-0.15, -0.1) is 10.2 Å². The first-order valence-electron chi connectivity index (χ1n) is 9.67. The summed E-state index contributed by atoms with van der Waals surface area (Å²) >= 11 is 1.32. The summed E-state index contributed by atoms with van der Waals surface area (Å²) in [6, 6.07) is 15.6. The van der Waals surface area contributed by atoms with Crippen molar-refractivity contribution < 1.29 is 13.9 Å². The van der Waals surface area contributed by atoms with Crippen molar-refractivity contribution >= 4 is 23.4 Å². The molecule has 9 heteroatoms. The predicted octanol–water partition coefficient (Wildman–Crippen LogP) is 2.97. The molecule has 1 aromatic heterocycles. The van der Waals surface area contributed by atoms with Crippen molar-refractivity contribution in [3.8, 4) is 5.69 Å². The number of carbonyl (C=O) groups is 1. The van der Waals surface area contributed by atoms with Gasteiger partial charge in [-0.05, 0) is 36.4 Å². The first-order valence-corrected chi connectivity index (χ1v) is 10.7. The summed E-state index contributed by atoms with van der Waals surface area (Å²) in [4.78, 5) is 14.6. The van der Waals surface area contributed by atoms with Crippen LogP contribution in [-0.2, 0) is 16.1 Å². The van der Waals surface area contributed by atoms with Crippen molar-refractivity contribution in [2.24, 2.45) is 0 Å². The lowest BCUT2D eigenvalue weighted by atomic mass is 10.3. The van der Waals surface area contributed by atoms with E-state index in [0.29, 0.717) is 30.6 Å². The van der Waals surface area contributed by atoms with Crippen LogP contribution in [0, 0.1) is 5.82 Å². The average molecular weight is 428 g/mol. The van der Waals surface area contributed by atoms with Crippen molar-refractivity contribution in [2.75, 3.05) is 37.4 Å². The number of aromatic nitrogens is 3. The van der Waals surface area contributed by atoms with Gasteiger partial charge < -0.3 is 10.1 Å². The Kier molecular flexibility index (Phi) is 6.73. The highest BCUT2D eigenvalue weighted by Gasteiger charge is 2.19. The fourth-order valence-corrected chi connectivity index (χ4v) is 3.92. The Labute approximate surface area is 178 Å². The lowest BCUT2D eigenvalue weighted by molar-refractivity contribution is -0.113. The number of thioether (sulfide) groups is 1. The van der Waals surface area contributed by atoms with Gasteiger partial charge in [0, 0.05) is 24.5 Å². The molecule has 2 aromatic carbocycles. The largest absolute Gasteiger partial charge is 0.379 e. The van der Waals surface area contributed by atoms with Crippen LogP contribution in [0.15, 0.2) is 59.8 Å². The van der Waals surface area contributed by atoms with Gasteiger partial charge in [0.2, 0.25) is 5.91 Å². The number of hydrogen-bond donors (Lipinski definition) is 1. The summed E-state index contributed by atoms with van der Waals surface area (Å²) in [5.74, 6) is 0.458. The molecular formula is C21H22FN5O2S. The van der Waals surface area contributed by atoms with E-state index in [1.165, 1.54) is 36.0 Å². The van der Waals surface area contributed by atoms with Crippen LogP contribution in [0.25, 0.3) is 5.69 Å². The number of halogens is 1. The van der Waals surface area contributed by atoms with E-state index in [2.05, 4.69) is 20.4 Å². The molecule has 3 aromatic rings. The zero-order valence-electron chi connectivity index (χ0n) is 16.3. The first kappa shape index (κ1) is 20.5. The Bertz CT molecular complexity index is 975. The molecule has 4 rings (SSSR count). The molecule has 1 saturated heterocycles. The van der Waals surface area contributed by atoms with Crippen LogP contribution in [0.2, 0.25) is 0 Å². The topological polar surface area (TPSA) is 72.3 Å². The van der Waals surface area contributed by atoms with Gasteiger partial charge in [-0.1, -0.05) is 30.0 Å². The zero-order valence-corrected chi connectivity index (χ0v) is 17.1. The number of carbonyl (C=O) groups excluding carboxylic acids is 1. The maximum Gasteiger partial charge on any atom is 0.234 e. The Hall–Kier alpha value is -2.75. The van der Waals surface area contributed by atoms with Crippen LogP contribution in [-0.4, -0.2) is 57.6 Å². The highest BCUT2D eigenvalue weighted by atomic mass is 32.2. The van der Waals surface area contributed by atoms with Crippen molar-refractivity contribution in [3.63, 3.8) is 0 Å². The van der Waals surface area contributed by atoms with E-state index in [4.69, 9.17) is 4.74 Å². The second kappa shape index (κ2) is 9.84. The second-order valence-electron chi connectivity index (χ2n) is 6.80. The lowest BCUT2D eigenvalue weighted by Gasteiger charge is -2.26. The smallest absolute Gasteiger partial charge is 0.234 e. The summed E-state index contributed by atoms with van der Waals surface area (Å²) in [5.41, 5.74) is 1.51. The van der Waals surface area contributed by atoms with Crippen LogP contribution in [0.5, 0.6) is 0 Å². The number of rotatable bonds is 7. The molecule has 0 saturated carbocycles. The Balaban J connectivity index is 1.47. The highest BCUT2D eigenvalue weighted by molar-refractivity contribution is 7.99.